The van der Waals surface area contributed by atoms with Gasteiger partial charge in [0.2, 0.25) is 11.8 Å². The molecule has 0 bridgehead atoms. The largest absolute Gasteiger partial charge is 0.343 e. The number of amides is 2. The van der Waals surface area contributed by atoms with E-state index in [1.807, 2.05) is 11.8 Å². The Morgan fingerprint density at radius 3 is 2.42 bits per heavy atom. The third-order valence-corrected chi connectivity index (χ3v) is 4.34. The first kappa shape index (κ1) is 14.4. The predicted molar refractivity (Wildman–Crippen MR) is 74.6 cm³/mol. The number of nitrogens with zero attached hydrogens (tertiary/aromatic N) is 1. The maximum absolute atomic E-state index is 12.6. The van der Waals surface area contributed by atoms with Crippen LogP contribution in [0.5, 0.6) is 0 Å². The molecule has 2 fully saturated rings. The van der Waals surface area contributed by atoms with E-state index in [1.54, 1.807) is 0 Å². The maximum Gasteiger partial charge on any atom is 0.246 e. The number of carbonyl (C=O) groups excluding carboxylic acids is 2. The lowest BCUT2D eigenvalue weighted by molar-refractivity contribution is -0.152. The van der Waals surface area contributed by atoms with E-state index < -0.39 is 0 Å². The van der Waals surface area contributed by atoms with Crippen molar-refractivity contribution in [2.75, 3.05) is 0 Å². The SMILES string of the molecule is CC(C)CC1NC(=O)C(C)N(C2CCCCC2)C1=O. The molecule has 1 heterocycles. The van der Waals surface area contributed by atoms with Crippen LogP contribution in [0.4, 0.5) is 0 Å². The van der Waals surface area contributed by atoms with Gasteiger partial charge >= 0.3 is 0 Å². The summed E-state index contributed by atoms with van der Waals surface area (Å²) in [7, 11) is 0. The van der Waals surface area contributed by atoms with E-state index in [1.165, 1.54) is 19.3 Å². The summed E-state index contributed by atoms with van der Waals surface area (Å²) in [5.41, 5.74) is 0. The molecule has 1 saturated carbocycles. The monoisotopic (exact) mass is 266 g/mol. The summed E-state index contributed by atoms with van der Waals surface area (Å²) in [4.78, 5) is 26.6. The molecule has 4 nitrogen and oxygen atoms in total. The molecule has 0 radical (unpaired) electrons. The van der Waals surface area contributed by atoms with Gasteiger partial charge in [0.15, 0.2) is 0 Å². The molecule has 1 saturated heterocycles. The fourth-order valence-corrected chi connectivity index (χ4v) is 3.34. The quantitative estimate of drug-likeness (QED) is 0.850. The average molecular weight is 266 g/mol. The second-order valence-electron chi connectivity index (χ2n) is 6.40. The zero-order valence-electron chi connectivity index (χ0n) is 12.3. The summed E-state index contributed by atoms with van der Waals surface area (Å²) < 4.78 is 0. The van der Waals surface area contributed by atoms with E-state index in [0.29, 0.717) is 5.92 Å². The van der Waals surface area contributed by atoms with Gasteiger partial charge in [-0.15, -0.1) is 0 Å². The topological polar surface area (TPSA) is 49.4 Å². The third kappa shape index (κ3) is 3.10. The van der Waals surface area contributed by atoms with Crippen molar-refractivity contribution in [3.63, 3.8) is 0 Å². The highest BCUT2D eigenvalue weighted by Crippen LogP contribution is 2.27. The Morgan fingerprint density at radius 1 is 1.21 bits per heavy atom. The van der Waals surface area contributed by atoms with Gasteiger partial charge in [0.25, 0.3) is 0 Å². The van der Waals surface area contributed by atoms with Crippen LogP contribution in [0.3, 0.4) is 0 Å². The van der Waals surface area contributed by atoms with Crippen LogP contribution >= 0.6 is 0 Å². The van der Waals surface area contributed by atoms with Gasteiger partial charge < -0.3 is 10.2 Å². The number of carbonyl (C=O) groups is 2. The molecule has 0 spiro atoms. The van der Waals surface area contributed by atoms with Crippen molar-refractivity contribution in [2.45, 2.75) is 77.4 Å². The lowest BCUT2D eigenvalue weighted by Crippen LogP contribution is -2.65. The minimum atomic E-state index is -0.314. The zero-order chi connectivity index (χ0) is 14.0. The van der Waals surface area contributed by atoms with Gasteiger partial charge in [0.05, 0.1) is 0 Å². The van der Waals surface area contributed by atoms with Crippen molar-refractivity contribution in [1.29, 1.82) is 0 Å². The Balaban J connectivity index is 2.13. The van der Waals surface area contributed by atoms with Crippen molar-refractivity contribution in [3.05, 3.63) is 0 Å². The molecule has 1 aliphatic heterocycles. The number of rotatable bonds is 3. The van der Waals surface area contributed by atoms with Gasteiger partial charge in [-0.3, -0.25) is 9.59 Å². The van der Waals surface area contributed by atoms with E-state index in [-0.39, 0.29) is 29.9 Å². The molecule has 2 atom stereocenters. The first-order valence-corrected chi connectivity index (χ1v) is 7.63. The Morgan fingerprint density at radius 2 is 1.84 bits per heavy atom. The van der Waals surface area contributed by atoms with Crippen LogP contribution in [0.2, 0.25) is 0 Å². The number of piperazine rings is 1. The van der Waals surface area contributed by atoms with Crippen LogP contribution < -0.4 is 5.32 Å². The van der Waals surface area contributed by atoms with Gasteiger partial charge in [0.1, 0.15) is 12.1 Å². The summed E-state index contributed by atoms with van der Waals surface area (Å²) in [5, 5.41) is 2.89. The molecule has 2 rings (SSSR count). The van der Waals surface area contributed by atoms with E-state index >= 15 is 0 Å². The van der Waals surface area contributed by atoms with Gasteiger partial charge in [-0.2, -0.15) is 0 Å². The van der Waals surface area contributed by atoms with Crippen molar-refractivity contribution < 1.29 is 9.59 Å². The molecule has 19 heavy (non-hydrogen) atoms. The summed E-state index contributed by atoms with van der Waals surface area (Å²) in [6, 6.07) is -0.346. The molecule has 2 unspecified atom stereocenters. The molecule has 0 aromatic carbocycles. The summed E-state index contributed by atoms with van der Waals surface area (Å²) in [6.07, 6.45) is 6.46. The van der Waals surface area contributed by atoms with Crippen molar-refractivity contribution in [3.8, 4) is 0 Å². The molecule has 4 heteroatoms. The Hall–Kier alpha value is -1.06. The van der Waals surface area contributed by atoms with Crippen LogP contribution in [0.1, 0.15) is 59.3 Å². The second-order valence-corrected chi connectivity index (χ2v) is 6.40. The average Bonchev–Trinajstić information content (AvgIpc) is 2.37. The molecular formula is C15H26N2O2. The second kappa shape index (κ2) is 5.93. The van der Waals surface area contributed by atoms with Crippen molar-refractivity contribution in [2.24, 2.45) is 5.92 Å². The van der Waals surface area contributed by atoms with Crippen LogP contribution in [0, 0.1) is 5.92 Å². The van der Waals surface area contributed by atoms with E-state index in [0.717, 1.165) is 19.3 Å². The third-order valence-electron chi connectivity index (χ3n) is 4.34. The minimum absolute atomic E-state index is 0.0100. The molecule has 0 aromatic rings. The van der Waals surface area contributed by atoms with E-state index in [2.05, 4.69) is 19.2 Å². The lowest BCUT2D eigenvalue weighted by Gasteiger charge is -2.43. The summed E-state index contributed by atoms with van der Waals surface area (Å²) in [6.45, 7) is 6.03. The smallest absolute Gasteiger partial charge is 0.246 e. The van der Waals surface area contributed by atoms with Gasteiger partial charge in [-0.1, -0.05) is 33.1 Å². The van der Waals surface area contributed by atoms with Crippen LogP contribution in [0.15, 0.2) is 0 Å². The van der Waals surface area contributed by atoms with Crippen LogP contribution in [-0.2, 0) is 9.59 Å². The number of nitrogens with one attached hydrogen (secondary N) is 1. The first-order chi connectivity index (χ1) is 9.00. The zero-order valence-corrected chi connectivity index (χ0v) is 12.3. The minimum Gasteiger partial charge on any atom is -0.343 e. The Bertz CT molecular complexity index is 348. The van der Waals surface area contributed by atoms with Crippen LogP contribution in [-0.4, -0.2) is 34.8 Å². The molecule has 2 aliphatic rings. The molecule has 108 valence electrons. The highest BCUT2D eigenvalue weighted by atomic mass is 16.2. The van der Waals surface area contributed by atoms with Gasteiger partial charge in [-0.25, -0.2) is 0 Å². The summed E-state index contributed by atoms with van der Waals surface area (Å²) in [5.74, 6) is 0.555. The van der Waals surface area contributed by atoms with Gasteiger partial charge in [-0.05, 0) is 32.1 Å². The fraction of sp³-hybridized carbons (Fsp3) is 0.867. The Labute approximate surface area is 115 Å². The van der Waals surface area contributed by atoms with E-state index in [4.69, 9.17) is 0 Å². The highest BCUT2D eigenvalue weighted by Gasteiger charge is 2.41. The molecular weight excluding hydrogens is 240 g/mol. The molecule has 1 aliphatic carbocycles. The predicted octanol–water partition coefficient (Wildman–Crippen LogP) is 2.08. The number of hydrogen-bond donors (Lipinski definition) is 1. The van der Waals surface area contributed by atoms with Gasteiger partial charge in [0, 0.05) is 6.04 Å². The molecule has 1 N–H and O–H groups in total. The number of hydrogen-bond acceptors (Lipinski definition) is 2. The maximum atomic E-state index is 12.6. The highest BCUT2D eigenvalue weighted by molar-refractivity contribution is 5.96. The lowest BCUT2D eigenvalue weighted by atomic mass is 9.90. The first-order valence-electron chi connectivity index (χ1n) is 7.63. The summed E-state index contributed by atoms with van der Waals surface area (Å²) >= 11 is 0. The van der Waals surface area contributed by atoms with E-state index in [9.17, 15) is 9.59 Å². The van der Waals surface area contributed by atoms with Crippen molar-refractivity contribution >= 4 is 11.8 Å². The van der Waals surface area contributed by atoms with Crippen molar-refractivity contribution in [1.82, 2.24) is 10.2 Å². The van der Waals surface area contributed by atoms with Crippen LogP contribution in [0.25, 0.3) is 0 Å². The Kier molecular flexibility index (Phi) is 4.48. The standard InChI is InChI=1S/C15H26N2O2/c1-10(2)9-13-15(19)17(11(3)14(18)16-13)12-7-5-4-6-8-12/h10-13H,4-9H2,1-3H3,(H,16,18). The normalized spacial score (nSPS) is 29.8. The fourth-order valence-electron chi connectivity index (χ4n) is 3.34. The molecule has 2 amide bonds. The molecule has 0 aromatic heterocycles.